The summed E-state index contributed by atoms with van der Waals surface area (Å²) in [5, 5.41) is 7.52. The van der Waals surface area contributed by atoms with E-state index in [0.717, 1.165) is 30.4 Å². The summed E-state index contributed by atoms with van der Waals surface area (Å²) in [6.07, 6.45) is 16.3. The summed E-state index contributed by atoms with van der Waals surface area (Å²) in [6.45, 7) is 17.7. The fourth-order valence-electron chi connectivity index (χ4n) is 11.7. The van der Waals surface area contributed by atoms with Gasteiger partial charge in [-0.2, -0.15) is 0 Å². The van der Waals surface area contributed by atoms with E-state index >= 15 is 0 Å². The predicted molar refractivity (Wildman–Crippen MR) is 287 cm³/mol. The number of hydrogen-bond acceptors (Lipinski definition) is 0. The van der Waals surface area contributed by atoms with Gasteiger partial charge in [-0.15, -0.1) is 0 Å². The summed E-state index contributed by atoms with van der Waals surface area (Å²) in [5.74, 6) is 0. The van der Waals surface area contributed by atoms with Gasteiger partial charge >= 0.3 is 0 Å². The smallest absolute Gasteiger partial charge is 0.0159 e. The Bertz CT molecular complexity index is 3660. The van der Waals surface area contributed by atoms with E-state index in [-0.39, 0.29) is 5.41 Å². The zero-order chi connectivity index (χ0) is 44.8. The Morgan fingerprint density at radius 3 is 1.94 bits per heavy atom. The number of aryl methyl sites for hydroxylation is 2. The van der Waals surface area contributed by atoms with Crippen molar-refractivity contribution in [3.05, 3.63) is 228 Å². The summed E-state index contributed by atoms with van der Waals surface area (Å²) in [5.41, 5.74) is 25.3. The topological polar surface area (TPSA) is 0 Å². The van der Waals surface area contributed by atoms with Crippen LogP contribution in [0.2, 0.25) is 0 Å². The Morgan fingerprint density at radius 1 is 0.530 bits per heavy atom. The van der Waals surface area contributed by atoms with Crippen molar-refractivity contribution in [2.45, 2.75) is 52.4 Å². The lowest BCUT2D eigenvalue weighted by Gasteiger charge is -2.24. The maximum atomic E-state index is 4.26. The monoisotopic (exact) mass is 844 g/mol. The van der Waals surface area contributed by atoms with Crippen LogP contribution in [0, 0.1) is 6.92 Å². The molecule has 0 radical (unpaired) electrons. The molecule has 0 fully saturated rings. The van der Waals surface area contributed by atoms with Crippen LogP contribution >= 0.6 is 0 Å². The number of rotatable bonds is 8. The van der Waals surface area contributed by atoms with Crippen molar-refractivity contribution in [1.82, 2.24) is 0 Å². The molecule has 0 bridgehead atoms. The normalized spacial score (nSPS) is 14.4. The summed E-state index contributed by atoms with van der Waals surface area (Å²) in [6, 6.07) is 56.3. The van der Waals surface area contributed by atoms with Gasteiger partial charge < -0.3 is 0 Å². The Morgan fingerprint density at radius 2 is 1.15 bits per heavy atom. The first-order valence-electron chi connectivity index (χ1n) is 23.7. The highest BCUT2D eigenvalue weighted by Gasteiger charge is 2.36. The van der Waals surface area contributed by atoms with Gasteiger partial charge in [-0.3, -0.25) is 0 Å². The van der Waals surface area contributed by atoms with Gasteiger partial charge in [0.05, 0.1) is 0 Å². The Balaban J connectivity index is 1.20. The molecule has 0 unspecified atom stereocenters. The molecule has 12 rings (SSSR count). The number of allylic oxidation sites excluding steroid dienone is 6. The number of hydrogen-bond donors (Lipinski definition) is 0. The Hall–Kier alpha value is -7.54. The molecular formula is C66H52. The van der Waals surface area contributed by atoms with Crippen molar-refractivity contribution < 1.29 is 0 Å². The fraction of sp³-hybridized carbons (Fsp3) is 0.121. The summed E-state index contributed by atoms with van der Waals surface area (Å²) in [7, 11) is 0. The fourth-order valence-corrected chi connectivity index (χ4v) is 11.7. The Labute approximate surface area is 389 Å². The molecule has 9 aromatic rings. The molecule has 66 heavy (non-hydrogen) atoms. The van der Waals surface area contributed by atoms with Crippen LogP contribution in [0.25, 0.3) is 111 Å². The minimum atomic E-state index is -0.134. The van der Waals surface area contributed by atoms with Crippen LogP contribution in [0.4, 0.5) is 0 Å². The zero-order valence-corrected chi connectivity index (χ0v) is 38.4. The summed E-state index contributed by atoms with van der Waals surface area (Å²) < 4.78 is 0. The first kappa shape index (κ1) is 40.0. The highest BCUT2D eigenvalue weighted by molar-refractivity contribution is 6.27. The van der Waals surface area contributed by atoms with Crippen molar-refractivity contribution in [2.75, 3.05) is 0 Å². The molecule has 0 aliphatic heterocycles. The van der Waals surface area contributed by atoms with Crippen LogP contribution < -0.4 is 0 Å². The van der Waals surface area contributed by atoms with Gasteiger partial charge in [-0.1, -0.05) is 192 Å². The van der Waals surface area contributed by atoms with E-state index < -0.39 is 0 Å². The SMILES string of the molecule is C=CC1=C(C=C)c2ccc(-c3c4ccc(-c5ccc(C)c(/C=C\CC)c5)cc4c(-c4ccc5c(c4)C(C)(C)c4ccccc4-5)c4ccc(-c5ccc6c(c5)CCC=C6)cc34)c3cccc1c23. The first-order chi connectivity index (χ1) is 32.3. The molecule has 0 heteroatoms. The van der Waals surface area contributed by atoms with Crippen molar-refractivity contribution in [3.8, 4) is 55.6 Å². The molecule has 0 nitrogen and oxygen atoms in total. The van der Waals surface area contributed by atoms with Gasteiger partial charge in [0.1, 0.15) is 0 Å². The molecule has 0 amide bonds. The van der Waals surface area contributed by atoms with Crippen LogP contribution in [0.3, 0.4) is 0 Å². The van der Waals surface area contributed by atoms with Crippen molar-refractivity contribution >= 4 is 55.6 Å². The van der Waals surface area contributed by atoms with Crippen LogP contribution in [0.15, 0.2) is 183 Å². The highest BCUT2D eigenvalue weighted by Crippen LogP contribution is 2.53. The molecule has 3 aliphatic carbocycles. The van der Waals surface area contributed by atoms with Gasteiger partial charge in [0.15, 0.2) is 0 Å². The molecule has 0 N–H and O–H groups in total. The largest absolute Gasteiger partial charge is 0.0984 e. The molecule has 0 heterocycles. The van der Waals surface area contributed by atoms with Crippen LogP contribution in [0.1, 0.15) is 78.1 Å². The van der Waals surface area contributed by atoms with E-state index in [4.69, 9.17) is 0 Å². The highest BCUT2D eigenvalue weighted by atomic mass is 14.4. The quantitative estimate of drug-likeness (QED) is 0.134. The first-order valence-corrected chi connectivity index (χ1v) is 23.7. The lowest BCUT2D eigenvalue weighted by molar-refractivity contribution is 0.660. The van der Waals surface area contributed by atoms with E-state index in [0.29, 0.717) is 0 Å². The lowest BCUT2D eigenvalue weighted by atomic mass is 9.79. The molecule has 0 saturated carbocycles. The summed E-state index contributed by atoms with van der Waals surface area (Å²) in [4.78, 5) is 0. The van der Waals surface area contributed by atoms with Gasteiger partial charge in [-0.25, -0.2) is 0 Å². The van der Waals surface area contributed by atoms with Crippen LogP contribution in [-0.2, 0) is 11.8 Å². The lowest BCUT2D eigenvalue weighted by Crippen LogP contribution is -2.14. The van der Waals surface area contributed by atoms with Crippen molar-refractivity contribution in [1.29, 1.82) is 0 Å². The molecule has 0 atom stereocenters. The Kier molecular flexibility index (Phi) is 9.27. The standard InChI is InChI=1S/C66H52/c1-7-10-16-42-35-44(24-23-40(42)4)46-28-32-58-59(37-46)63(48-29-30-52-51-19-13-14-22-61(51)66(5,6)62(52)39-48)57-31-27-47(45-26-25-41-17-11-12-18-43(41)36-45)38-60(57)65(58)56-34-33-55-50(9-3)49(8-2)53-20-15-21-54(56)64(53)55/h8-11,13-17,19-39H,2-3,7,12,18H2,1,4-6H3/b16-10-. The zero-order valence-electron chi connectivity index (χ0n) is 38.4. The van der Waals surface area contributed by atoms with Gasteiger partial charge in [0.25, 0.3) is 0 Å². The molecule has 316 valence electrons. The number of fused-ring (bicyclic) bond motifs is 6. The van der Waals surface area contributed by atoms with Gasteiger partial charge in [-0.05, 0) is 194 Å². The van der Waals surface area contributed by atoms with Gasteiger partial charge in [0.2, 0.25) is 0 Å². The second kappa shape index (κ2) is 15.3. The molecular weight excluding hydrogens is 793 g/mol. The molecule has 9 aromatic carbocycles. The van der Waals surface area contributed by atoms with Crippen LogP contribution in [-0.4, -0.2) is 0 Å². The van der Waals surface area contributed by atoms with Crippen molar-refractivity contribution in [3.63, 3.8) is 0 Å². The second-order valence-corrected chi connectivity index (χ2v) is 19.1. The van der Waals surface area contributed by atoms with E-state index in [1.165, 1.54) is 132 Å². The third-order valence-electron chi connectivity index (χ3n) is 15.1. The molecule has 0 spiro atoms. The minimum Gasteiger partial charge on any atom is -0.0984 e. The molecule has 0 saturated heterocycles. The second-order valence-electron chi connectivity index (χ2n) is 19.1. The minimum absolute atomic E-state index is 0.134. The van der Waals surface area contributed by atoms with Crippen LogP contribution in [0.5, 0.6) is 0 Å². The van der Waals surface area contributed by atoms with Gasteiger partial charge in [0, 0.05) is 5.41 Å². The average Bonchev–Trinajstić information content (AvgIpc) is 3.80. The van der Waals surface area contributed by atoms with E-state index in [1.54, 1.807) is 0 Å². The predicted octanol–water partition coefficient (Wildman–Crippen LogP) is 18.4. The maximum absolute atomic E-state index is 4.26. The van der Waals surface area contributed by atoms with E-state index in [2.05, 4.69) is 211 Å². The molecule has 0 aromatic heterocycles. The molecule has 3 aliphatic rings. The third-order valence-corrected chi connectivity index (χ3v) is 15.1. The number of benzene rings is 9. The summed E-state index contributed by atoms with van der Waals surface area (Å²) >= 11 is 0. The van der Waals surface area contributed by atoms with E-state index in [9.17, 15) is 0 Å². The van der Waals surface area contributed by atoms with E-state index in [1.807, 2.05) is 12.2 Å². The maximum Gasteiger partial charge on any atom is 0.0159 e. The third kappa shape index (κ3) is 5.98. The van der Waals surface area contributed by atoms with Crippen molar-refractivity contribution in [2.24, 2.45) is 0 Å². The average molecular weight is 845 g/mol.